The van der Waals surface area contributed by atoms with Crippen molar-refractivity contribution in [1.82, 2.24) is 4.98 Å². The average molecular weight is 211 g/mol. The Morgan fingerprint density at radius 1 is 1.53 bits per heavy atom. The van der Waals surface area contributed by atoms with E-state index in [1.54, 1.807) is 6.92 Å². The fourth-order valence-electron chi connectivity index (χ4n) is 1.46. The van der Waals surface area contributed by atoms with Crippen molar-refractivity contribution in [3.05, 3.63) is 28.6 Å². The second kappa shape index (κ2) is 4.80. The third-order valence-corrected chi connectivity index (χ3v) is 2.21. The van der Waals surface area contributed by atoms with Gasteiger partial charge in [0.05, 0.1) is 12.5 Å². The fraction of sp³-hybridized carbons (Fsp3) is 0.400. The van der Waals surface area contributed by atoms with E-state index in [1.165, 1.54) is 6.20 Å². The Hall–Kier alpha value is -1.54. The number of pyridine rings is 1. The number of nitrogens with zero attached hydrogens (tertiary/aromatic N) is 2. The first-order chi connectivity index (χ1) is 7.11. The SMILES string of the molecule is Cc1cnc(C(F)F)c(CN)c1CC#N. The van der Waals surface area contributed by atoms with E-state index in [0.29, 0.717) is 11.1 Å². The van der Waals surface area contributed by atoms with Crippen LogP contribution in [-0.2, 0) is 13.0 Å². The Morgan fingerprint density at radius 2 is 2.20 bits per heavy atom. The highest BCUT2D eigenvalue weighted by Crippen LogP contribution is 2.25. The highest BCUT2D eigenvalue weighted by molar-refractivity contribution is 5.38. The molecule has 0 saturated carbocycles. The van der Waals surface area contributed by atoms with Crippen LogP contribution in [0.15, 0.2) is 6.20 Å². The molecule has 1 aromatic rings. The Labute approximate surface area is 86.5 Å². The van der Waals surface area contributed by atoms with Crippen molar-refractivity contribution < 1.29 is 8.78 Å². The molecule has 0 aliphatic heterocycles. The molecule has 0 unspecified atom stereocenters. The molecule has 80 valence electrons. The maximum Gasteiger partial charge on any atom is 0.280 e. The van der Waals surface area contributed by atoms with Crippen LogP contribution in [0.4, 0.5) is 8.78 Å². The molecular weight excluding hydrogens is 200 g/mol. The zero-order valence-corrected chi connectivity index (χ0v) is 8.30. The molecular formula is C10H11F2N3. The van der Waals surface area contributed by atoms with Gasteiger partial charge in [-0.2, -0.15) is 5.26 Å². The fourth-order valence-corrected chi connectivity index (χ4v) is 1.46. The molecule has 2 N–H and O–H groups in total. The van der Waals surface area contributed by atoms with Gasteiger partial charge in [0, 0.05) is 12.7 Å². The van der Waals surface area contributed by atoms with Gasteiger partial charge < -0.3 is 5.73 Å². The minimum absolute atomic E-state index is 0.0225. The average Bonchev–Trinajstić information content (AvgIpc) is 2.20. The molecule has 0 amide bonds. The number of nitriles is 1. The maximum absolute atomic E-state index is 12.6. The molecule has 0 spiro atoms. The van der Waals surface area contributed by atoms with Crippen LogP contribution in [-0.4, -0.2) is 4.98 Å². The Bertz CT molecular complexity index is 396. The van der Waals surface area contributed by atoms with Gasteiger partial charge in [-0.05, 0) is 23.6 Å². The van der Waals surface area contributed by atoms with E-state index in [0.717, 1.165) is 5.56 Å². The van der Waals surface area contributed by atoms with Crippen molar-refractivity contribution in [3.8, 4) is 6.07 Å². The van der Waals surface area contributed by atoms with Crippen molar-refractivity contribution in [2.45, 2.75) is 26.3 Å². The van der Waals surface area contributed by atoms with Gasteiger partial charge in [0.2, 0.25) is 0 Å². The number of hydrogen-bond donors (Lipinski definition) is 1. The van der Waals surface area contributed by atoms with Crippen LogP contribution in [0.3, 0.4) is 0 Å². The minimum Gasteiger partial charge on any atom is -0.326 e. The van der Waals surface area contributed by atoms with E-state index in [4.69, 9.17) is 11.0 Å². The number of nitrogens with two attached hydrogens (primary N) is 1. The molecule has 1 heterocycles. The molecule has 0 bridgehead atoms. The van der Waals surface area contributed by atoms with Crippen LogP contribution in [0, 0.1) is 18.3 Å². The summed E-state index contributed by atoms with van der Waals surface area (Å²) in [7, 11) is 0. The molecule has 0 aromatic carbocycles. The van der Waals surface area contributed by atoms with E-state index < -0.39 is 6.43 Å². The molecule has 0 aliphatic rings. The minimum atomic E-state index is -2.65. The van der Waals surface area contributed by atoms with Crippen LogP contribution < -0.4 is 5.73 Å². The number of hydrogen-bond acceptors (Lipinski definition) is 3. The second-order valence-corrected chi connectivity index (χ2v) is 3.12. The first-order valence-corrected chi connectivity index (χ1v) is 4.44. The van der Waals surface area contributed by atoms with Gasteiger partial charge in [0.1, 0.15) is 5.69 Å². The first kappa shape index (κ1) is 11.5. The predicted octanol–water partition coefficient (Wildman–Crippen LogP) is 1.85. The van der Waals surface area contributed by atoms with Gasteiger partial charge >= 0.3 is 0 Å². The smallest absolute Gasteiger partial charge is 0.280 e. The lowest BCUT2D eigenvalue weighted by molar-refractivity contribution is 0.144. The summed E-state index contributed by atoms with van der Waals surface area (Å²) in [5.74, 6) is 0. The normalized spacial score (nSPS) is 10.4. The van der Waals surface area contributed by atoms with E-state index in [9.17, 15) is 8.78 Å². The zero-order chi connectivity index (χ0) is 11.4. The lowest BCUT2D eigenvalue weighted by atomic mass is 9.99. The van der Waals surface area contributed by atoms with Gasteiger partial charge in [-0.3, -0.25) is 4.98 Å². The largest absolute Gasteiger partial charge is 0.326 e. The highest BCUT2D eigenvalue weighted by Gasteiger charge is 2.18. The number of halogens is 2. The van der Waals surface area contributed by atoms with Gasteiger partial charge in [-0.1, -0.05) is 0 Å². The van der Waals surface area contributed by atoms with Crippen LogP contribution in [0.25, 0.3) is 0 Å². The predicted molar refractivity (Wildman–Crippen MR) is 51.1 cm³/mol. The summed E-state index contributed by atoms with van der Waals surface area (Å²) in [5.41, 5.74) is 6.69. The monoisotopic (exact) mass is 211 g/mol. The van der Waals surface area contributed by atoms with Crippen molar-refractivity contribution in [3.63, 3.8) is 0 Å². The van der Waals surface area contributed by atoms with Crippen LogP contribution >= 0.6 is 0 Å². The van der Waals surface area contributed by atoms with Crippen molar-refractivity contribution in [2.24, 2.45) is 5.73 Å². The molecule has 0 atom stereocenters. The summed E-state index contributed by atoms with van der Waals surface area (Å²) < 4.78 is 25.1. The zero-order valence-electron chi connectivity index (χ0n) is 8.30. The maximum atomic E-state index is 12.6. The Morgan fingerprint density at radius 3 is 2.67 bits per heavy atom. The van der Waals surface area contributed by atoms with Gasteiger partial charge in [0.15, 0.2) is 0 Å². The van der Waals surface area contributed by atoms with Crippen LogP contribution in [0.2, 0.25) is 0 Å². The topological polar surface area (TPSA) is 62.7 Å². The summed E-state index contributed by atoms with van der Waals surface area (Å²) in [4.78, 5) is 3.65. The third kappa shape index (κ3) is 2.28. The molecule has 1 rings (SSSR count). The number of aryl methyl sites for hydroxylation is 1. The van der Waals surface area contributed by atoms with E-state index in [2.05, 4.69) is 4.98 Å². The highest BCUT2D eigenvalue weighted by atomic mass is 19.3. The standard InChI is InChI=1S/C10H11F2N3/c1-6-5-15-9(10(11)12)8(4-14)7(6)2-3-13/h5,10H,2,4,14H2,1H3. The molecule has 1 aromatic heterocycles. The number of aromatic nitrogens is 1. The number of alkyl halides is 2. The lowest BCUT2D eigenvalue weighted by Crippen LogP contribution is -2.10. The molecule has 0 radical (unpaired) electrons. The lowest BCUT2D eigenvalue weighted by Gasteiger charge is -2.12. The Balaban J connectivity index is 3.34. The molecule has 5 heteroatoms. The van der Waals surface area contributed by atoms with Crippen molar-refractivity contribution in [2.75, 3.05) is 0 Å². The third-order valence-electron chi connectivity index (χ3n) is 2.21. The van der Waals surface area contributed by atoms with Crippen molar-refractivity contribution in [1.29, 1.82) is 5.26 Å². The summed E-state index contributed by atoms with van der Waals surface area (Å²) in [6.45, 7) is 1.71. The second-order valence-electron chi connectivity index (χ2n) is 3.12. The first-order valence-electron chi connectivity index (χ1n) is 4.44. The Kier molecular flexibility index (Phi) is 3.69. The van der Waals surface area contributed by atoms with Gasteiger partial charge in [-0.15, -0.1) is 0 Å². The molecule has 0 fully saturated rings. The van der Waals surface area contributed by atoms with Crippen LogP contribution in [0.5, 0.6) is 0 Å². The number of rotatable bonds is 3. The summed E-state index contributed by atoms with van der Waals surface area (Å²) in [6, 6.07) is 1.94. The summed E-state index contributed by atoms with van der Waals surface area (Å²) >= 11 is 0. The van der Waals surface area contributed by atoms with Gasteiger partial charge in [0.25, 0.3) is 6.43 Å². The summed E-state index contributed by atoms with van der Waals surface area (Å²) in [5, 5.41) is 8.59. The molecule has 15 heavy (non-hydrogen) atoms. The molecule has 0 aliphatic carbocycles. The van der Waals surface area contributed by atoms with Gasteiger partial charge in [-0.25, -0.2) is 8.78 Å². The summed E-state index contributed by atoms with van der Waals surface area (Å²) in [6.07, 6.45) is -1.21. The molecule has 0 saturated heterocycles. The quantitative estimate of drug-likeness (QED) is 0.829. The molecule has 3 nitrogen and oxygen atoms in total. The van der Waals surface area contributed by atoms with E-state index >= 15 is 0 Å². The van der Waals surface area contributed by atoms with E-state index in [1.807, 2.05) is 6.07 Å². The van der Waals surface area contributed by atoms with E-state index in [-0.39, 0.29) is 18.7 Å². The van der Waals surface area contributed by atoms with Crippen LogP contribution in [0.1, 0.15) is 28.8 Å². The van der Waals surface area contributed by atoms with Crippen molar-refractivity contribution >= 4 is 0 Å².